The van der Waals surface area contributed by atoms with Crippen LogP contribution in [0.4, 0.5) is 17.2 Å². The second-order valence-electron chi connectivity index (χ2n) is 6.25. The number of nitrogens with one attached hydrogen (secondary N) is 2. The van der Waals surface area contributed by atoms with Crippen LogP contribution in [0.2, 0.25) is 0 Å². The minimum Gasteiger partial charge on any atom is -0.339 e. The molecule has 1 aromatic heterocycles. The molecular weight excluding hydrogens is 340 g/mol. The van der Waals surface area contributed by atoms with E-state index in [9.17, 15) is 9.59 Å². The number of nitrogens with zero attached hydrogens (tertiary/aromatic N) is 2. The number of carbonyl (C=O) groups is 2. The lowest BCUT2D eigenvalue weighted by atomic mass is 10.1. The standard InChI is InChI=1S/C21H20N4O2/c1-13-6-4-9-18(14(13)2)25-21(27)19-11-23-20(12-22-19)24-17-8-5-7-16(10-17)15(3)26/h4-12H,1-3H3,(H,23,24)(H,25,27). The van der Waals surface area contributed by atoms with Gasteiger partial charge in [-0.25, -0.2) is 9.97 Å². The maximum absolute atomic E-state index is 12.4. The van der Waals surface area contributed by atoms with Crippen LogP contribution in [0.5, 0.6) is 0 Å². The Morgan fingerprint density at radius 1 is 0.963 bits per heavy atom. The van der Waals surface area contributed by atoms with Gasteiger partial charge in [-0.3, -0.25) is 9.59 Å². The number of benzene rings is 2. The molecule has 0 aliphatic carbocycles. The van der Waals surface area contributed by atoms with Gasteiger partial charge in [0.2, 0.25) is 0 Å². The Hall–Kier alpha value is -3.54. The molecule has 0 radical (unpaired) electrons. The lowest BCUT2D eigenvalue weighted by Gasteiger charge is -2.10. The molecule has 2 N–H and O–H groups in total. The van der Waals surface area contributed by atoms with Crippen molar-refractivity contribution in [1.82, 2.24) is 9.97 Å². The Kier molecular flexibility index (Phi) is 5.26. The molecule has 0 fully saturated rings. The molecule has 0 aliphatic rings. The zero-order chi connectivity index (χ0) is 19.4. The summed E-state index contributed by atoms with van der Waals surface area (Å²) in [6, 6.07) is 12.8. The van der Waals surface area contributed by atoms with Gasteiger partial charge in [-0.15, -0.1) is 0 Å². The molecular formula is C21H20N4O2. The smallest absolute Gasteiger partial charge is 0.275 e. The number of ketones is 1. The Morgan fingerprint density at radius 2 is 1.74 bits per heavy atom. The van der Waals surface area contributed by atoms with Crippen molar-refractivity contribution in [2.45, 2.75) is 20.8 Å². The highest BCUT2D eigenvalue weighted by atomic mass is 16.2. The summed E-state index contributed by atoms with van der Waals surface area (Å²) in [5.41, 5.74) is 4.43. The van der Waals surface area contributed by atoms with Crippen molar-refractivity contribution < 1.29 is 9.59 Å². The number of Topliss-reactive ketones (excluding diaryl/α,β-unsaturated/α-hetero) is 1. The SMILES string of the molecule is CC(=O)c1cccc(Nc2cnc(C(=O)Nc3cccc(C)c3C)cn2)c1. The largest absolute Gasteiger partial charge is 0.339 e. The molecule has 0 saturated carbocycles. The molecule has 136 valence electrons. The predicted molar refractivity (Wildman–Crippen MR) is 106 cm³/mol. The first-order valence-corrected chi connectivity index (χ1v) is 8.51. The van der Waals surface area contributed by atoms with Crippen LogP contribution in [0.15, 0.2) is 54.9 Å². The Balaban J connectivity index is 1.71. The highest BCUT2D eigenvalue weighted by Crippen LogP contribution is 2.19. The maximum Gasteiger partial charge on any atom is 0.275 e. The number of amides is 1. The number of hydrogen-bond acceptors (Lipinski definition) is 5. The van der Waals surface area contributed by atoms with E-state index in [0.29, 0.717) is 11.4 Å². The molecule has 6 heteroatoms. The van der Waals surface area contributed by atoms with Crippen LogP contribution in [-0.2, 0) is 0 Å². The normalized spacial score (nSPS) is 10.3. The summed E-state index contributed by atoms with van der Waals surface area (Å²) in [5.74, 6) is 0.156. The van der Waals surface area contributed by atoms with Crippen LogP contribution in [0, 0.1) is 13.8 Å². The molecule has 0 saturated heterocycles. The van der Waals surface area contributed by atoms with Crippen molar-refractivity contribution in [3.8, 4) is 0 Å². The van der Waals surface area contributed by atoms with Crippen LogP contribution < -0.4 is 10.6 Å². The van der Waals surface area contributed by atoms with E-state index in [1.54, 1.807) is 18.2 Å². The second kappa shape index (κ2) is 7.78. The summed E-state index contributed by atoms with van der Waals surface area (Å²) in [6.07, 6.45) is 2.90. The van der Waals surface area contributed by atoms with Gasteiger partial charge < -0.3 is 10.6 Å². The summed E-state index contributed by atoms with van der Waals surface area (Å²) < 4.78 is 0. The van der Waals surface area contributed by atoms with Gasteiger partial charge in [0.1, 0.15) is 11.5 Å². The molecule has 0 spiro atoms. The van der Waals surface area contributed by atoms with Gasteiger partial charge in [0.05, 0.1) is 12.4 Å². The second-order valence-corrected chi connectivity index (χ2v) is 6.25. The van der Waals surface area contributed by atoms with E-state index in [1.165, 1.54) is 19.3 Å². The quantitative estimate of drug-likeness (QED) is 0.663. The fourth-order valence-electron chi connectivity index (χ4n) is 2.55. The number of aromatic nitrogens is 2. The predicted octanol–water partition coefficient (Wildman–Crippen LogP) is 4.29. The van der Waals surface area contributed by atoms with Crippen LogP contribution in [0.1, 0.15) is 38.9 Å². The summed E-state index contributed by atoms with van der Waals surface area (Å²) in [5, 5.41) is 5.93. The zero-order valence-electron chi connectivity index (χ0n) is 15.4. The van der Waals surface area contributed by atoms with E-state index in [2.05, 4.69) is 20.6 Å². The Bertz CT molecular complexity index is 997. The molecule has 6 nitrogen and oxygen atoms in total. The number of rotatable bonds is 5. The summed E-state index contributed by atoms with van der Waals surface area (Å²) in [6.45, 7) is 5.47. The number of carbonyl (C=O) groups excluding carboxylic acids is 2. The summed E-state index contributed by atoms with van der Waals surface area (Å²) >= 11 is 0. The maximum atomic E-state index is 12.4. The monoisotopic (exact) mass is 360 g/mol. The fourth-order valence-corrected chi connectivity index (χ4v) is 2.55. The zero-order valence-corrected chi connectivity index (χ0v) is 15.4. The minimum atomic E-state index is -0.318. The van der Waals surface area contributed by atoms with Crippen LogP contribution in [0.25, 0.3) is 0 Å². The van der Waals surface area contributed by atoms with E-state index < -0.39 is 0 Å². The number of aryl methyl sites for hydroxylation is 1. The van der Waals surface area contributed by atoms with E-state index in [-0.39, 0.29) is 17.4 Å². The third-order valence-electron chi connectivity index (χ3n) is 4.28. The molecule has 3 aromatic rings. The van der Waals surface area contributed by atoms with Crippen LogP contribution in [0.3, 0.4) is 0 Å². The molecule has 0 unspecified atom stereocenters. The number of anilines is 3. The average Bonchev–Trinajstić information content (AvgIpc) is 2.66. The lowest BCUT2D eigenvalue weighted by Crippen LogP contribution is -2.15. The molecule has 0 aliphatic heterocycles. The van der Waals surface area contributed by atoms with E-state index in [1.807, 2.05) is 38.1 Å². The van der Waals surface area contributed by atoms with Gasteiger partial charge in [-0.2, -0.15) is 0 Å². The third-order valence-corrected chi connectivity index (χ3v) is 4.28. The molecule has 27 heavy (non-hydrogen) atoms. The highest BCUT2D eigenvalue weighted by molar-refractivity contribution is 6.03. The fraction of sp³-hybridized carbons (Fsp3) is 0.143. The van der Waals surface area contributed by atoms with E-state index >= 15 is 0 Å². The van der Waals surface area contributed by atoms with E-state index in [0.717, 1.165) is 22.5 Å². The van der Waals surface area contributed by atoms with Crippen molar-refractivity contribution in [2.24, 2.45) is 0 Å². The van der Waals surface area contributed by atoms with Crippen molar-refractivity contribution in [1.29, 1.82) is 0 Å². The molecule has 2 aromatic carbocycles. The van der Waals surface area contributed by atoms with Gasteiger partial charge >= 0.3 is 0 Å². The highest BCUT2D eigenvalue weighted by Gasteiger charge is 2.11. The molecule has 1 amide bonds. The summed E-state index contributed by atoms with van der Waals surface area (Å²) in [7, 11) is 0. The van der Waals surface area contributed by atoms with Crippen molar-refractivity contribution in [3.05, 3.63) is 77.2 Å². The average molecular weight is 360 g/mol. The topological polar surface area (TPSA) is 84.0 Å². The van der Waals surface area contributed by atoms with Crippen molar-refractivity contribution in [2.75, 3.05) is 10.6 Å². The molecule has 0 atom stereocenters. The lowest BCUT2D eigenvalue weighted by molar-refractivity contribution is 0.101. The van der Waals surface area contributed by atoms with Gasteiger partial charge in [-0.1, -0.05) is 24.3 Å². The van der Waals surface area contributed by atoms with Crippen molar-refractivity contribution in [3.63, 3.8) is 0 Å². The Morgan fingerprint density at radius 3 is 2.44 bits per heavy atom. The molecule has 1 heterocycles. The Labute approximate surface area is 157 Å². The molecule has 3 rings (SSSR count). The first-order chi connectivity index (χ1) is 12.9. The van der Waals surface area contributed by atoms with E-state index in [4.69, 9.17) is 0 Å². The van der Waals surface area contributed by atoms with Gasteiger partial charge in [0.15, 0.2) is 5.78 Å². The van der Waals surface area contributed by atoms with Gasteiger partial charge in [0.25, 0.3) is 5.91 Å². The third kappa shape index (κ3) is 4.36. The van der Waals surface area contributed by atoms with Gasteiger partial charge in [-0.05, 0) is 50.1 Å². The van der Waals surface area contributed by atoms with Crippen molar-refractivity contribution >= 4 is 28.9 Å². The first-order valence-electron chi connectivity index (χ1n) is 8.51. The van der Waals surface area contributed by atoms with Crippen LogP contribution >= 0.6 is 0 Å². The first kappa shape index (κ1) is 18.3. The van der Waals surface area contributed by atoms with Gasteiger partial charge in [0, 0.05) is 16.9 Å². The summed E-state index contributed by atoms with van der Waals surface area (Å²) in [4.78, 5) is 32.3. The van der Waals surface area contributed by atoms with Crippen LogP contribution in [-0.4, -0.2) is 21.7 Å². The minimum absolute atomic E-state index is 0.0109. The number of hydrogen-bond donors (Lipinski definition) is 2. The molecule has 0 bridgehead atoms.